The molecular weight excluding hydrogens is 367 g/mol. The van der Waals surface area contributed by atoms with E-state index in [4.69, 9.17) is 4.74 Å². The number of para-hydroxylation sites is 2. The third-order valence-corrected chi connectivity index (χ3v) is 5.30. The molecule has 0 bridgehead atoms. The number of hydrogen-bond donors (Lipinski definition) is 1. The number of hydrazone groups is 1. The summed E-state index contributed by atoms with van der Waals surface area (Å²) >= 11 is 1.37. The first kappa shape index (κ1) is 17.4. The van der Waals surface area contributed by atoms with Crippen LogP contribution in [0.2, 0.25) is 0 Å². The van der Waals surface area contributed by atoms with Gasteiger partial charge in [0.05, 0.1) is 12.8 Å². The minimum atomic E-state index is -0.636. The molecule has 1 N–H and O–H groups in total. The molecule has 1 amide bonds. The van der Waals surface area contributed by atoms with Crippen LogP contribution in [0.5, 0.6) is 5.75 Å². The van der Waals surface area contributed by atoms with E-state index in [1.807, 2.05) is 18.2 Å². The summed E-state index contributed by atoms with van der Waals surface area (Å²) in [6, 6.07) is 13.9. The van der Waals surface area contributed by atoms with Crippen LogP contribution < -0.4 is 15.1 Å². The Balaban J connectivity index is 1.51. The van der Waals surface area contributed by atoms with Gasteiger partial charge in [0.2, 0.25) is 6.17 Å². The van der Waals surface area contributed by atoms with E-state index in [1.54, 1.807) is 48.7 Å². The quantitative estimate of drug-likeness (QED) is 0.878. The Bertz CT molecular complexity index is 933. The molecule has 0 aliphatic carbocycles. The predicted molar refractivity (Wildman–Crippen MR) is 104 cm³/mol. The molecule has 0 aromatic heterocycles. The van der Waals surface area contributed by atoms with Gasteiger partial charge in [-0.1, -0.05) is 42.1 Å². The van der Waals surface area contributed by atoms with Crippen molar-refractivity contribution in [2.45, 2.75) is 11.9 Å². The molecule has 6 nitrogen and oxygen atoms in total. The van der Waals surface area contributed by atoms with Crippen molar-refractivity contribution in [2.75, 3.05) is 12.0 Å². The lowest BCUT2D eigenvalue weighted by molar-refractivity contribution is -0.122. The summed E-state index contributed by atoms with van der Waals surface area (Å²) < 4.78 is 19.1. The SMILES string of the molecule is COc1ccccc1N1C=CN2C(SCc3ccccc3F)=NNC2C1=O. The number of halogens is 1. The van der Waals surface area contributed by atoms with Gasteiger partial charge in [-0.05, 0) is 23.8 Å². The summed E-state index contributed by atoms with van der Waals surface area (Å²) in [5, 5.41) is 4.87. The Morgan fingerprint density at radius 3 is 2.78 bits per heavy atom. The van der Waals surface area contributed by atoms with Gasteiger partial charge >= 0.3 is 0 Å². The van der Waals surface area contributed by atoms with Gasteiger partial charge in [0, 0.05) is 18.2 Å². The van der Waals surface area contributed by atoms with Gasteiger partial charge in [0.15, 0.2) is 5.17 Å². The smallest absolute Gasteiger partial charge is 0.276 e. The van der Waals surface area contributed by atoms with Crippen LogP contribution in [0.4, 0.5) is 10.1 Å². The third kappa shape index (κ3) is 3.23. The second kappa shape index (κ2) is 7.32. The highest BCUT2D eigenvalue weighted by Gasteiger charge is 2.38. The molecule has 4 rings (SSSR count). The number of amides is 1. The molecule has 1 atom stereocenters. The highest BCUT2D eigenvalue weighted by Crippen LogP contribution is 2.32. The van der Waals surface area contributed by atoms with Crippen LogP contribution in [0.3, 0.4) is 0 Å². The summed E-state index contributed by atoms with van der Waals surface area (Å²) in [5.74, 6) is 0.610. The summed E-state index contributed by atoms with van der Waals surface area (Å²) in [7, 11) is 1.57. The molecule has 27 heavy (non-hydrogen) atoms. The number of carbonyl (C=O) groups is 1. The van der Waals surface area contributed by atoms with E-state index in [9.17, 15) is 9.18 Å². The predicted octanol–water partition coefficient (Wildman–Crippen LogP) is 3.09. The number of anilines is 1. The molecule has 0 spiro atoms. The van der Waals surface area contributed by atoms with Crippen LogP contribution in [-0.4, -0.2) is 29.3 Å². The zero-order valence-corrected chi connectivity index (χ0v) is 15.3. The molecule has 2 heterocycles. The van der Waals surface area contributed by atoms with Crippen LogP contribution >= 0.6 is 11.8 Å². The van der Waals surface area contributed by atoms with E-state index in [-0.39, 0.29) is 11.7 Å². The summed E-state index contributed by atoms with van der Waals surface area (Å²) in [4.78, 5) is 16.2. The Hall–Kier alpha value is -3.00. The van der Waals surface area contributed by atoms with Gasteiger partial charge in [-0.15, -0.1) is 0 Å². The van der Waals surface area contributed by atoms with Crippen molar-refractivity contribution in [3.05, 3.63) is 72.3 Å². The third-order valence-electron chi connectivity index (χ3n) is 4.29. The fourth-order valence-corrected chi connectivity index (χ4v) is 3.86. The number of thioether (sulfide) groups is 1. The molecule has 2 aliphatic heterocycles. The summed E-state index contributed by atoms with van der Waals surface area (Å²) in [6.45, 7) is 0. The van der Waals surface area contributed by atoms with Crippen LogP contribution in [-0.2, 0) is 10.5 Å². The van der Waals surface area contributed by atoms with Gasteiger partial charge in [-0.3, -0.25) is 20.0 Å². The molecule has 138 valence electrons. The normalized spacial score (nSPS) is 18.2. The average Bonchev–Trinajstić information content (AvgIpc) is 3.12. The maximum atomic E-state index is 13.8. The number of rotatable bonds is 4. The van der Waals surface area contributed by atoms with E-state index in [2.05, 4.69) is 10.5 Å². The minimum Gasteiger partial charge on any atom is -0.495 e. The van der Waals surface area contributed by atoms with Crippen molar-refractivity contribution < 1.29 is 13.9 Å². The van der Waals surface area contributed by atoms with Crippen molar-refractivity contribution in [3.8, 4) is 5.75 Å². The zero-order chi connectivity index (χ0) is 18.8. The van der Waals surface area contributed by atoms with Crippen LogP contribution in [0.15, 0.2) is 66.0 Å². The minimum absolute atomic E-state index is 0.174. The zero-order valence-electron chi connectivity index (χ0n) is 14.5. The molecule has 2 aromatic carbocycles. The maximum absolute atomic E-state index is 13.8. The molecule has 2 aromatic rings. The number of fused-ring (bicyclic) bond motifs is 1. The lowest BCUT2D eigenvalue weighted by Gasteiger charge is -2.32. The summed E-state index contributed by atoms with van der Waals surface area (Å²) in [6.07, 6.45) is 2.83. The second-order valence-electron chi connectivity index (χ2n) is 5.89. The van der Waals surface area contributed by atoms with Crippen molar-refractivity contribution in [1.29, 1.82) is 0 Å². The molecule has 0 radical (unpaired) electrons. The van der Waals surface area contributed by atoms with Gasteiger partial charge in [0.1, 0.15) is 11.6 Å². The van der Waals surface area contributed by atoms with E-state index in [0.29, 0.717) is 27.9 Å². The Labute approximate surface area is 160 Å². The highest BCUT2D eigenvalue weighted by atomic mass is 32.2. The topological polar surface area (TPSA) is 57.2 Å². The van der Waals surface area contributed by atoms with Crippen molar-refractivity contribution in [2.24, 2.45) is 5.10 Å². The summed E-state index contributed by atoms with van der Waals surface area (Å²) in [5.41, 5.74) is 4.12. The van der Waals surface area contributed by atoms with Crippen molar-refractivity contribution in [3.63, 3.8) is 0 Å². The first-order valence-corrected chi connectivity index (χ1v) is 9.30. The number of methoxy groups -OCH3 is 1. The number of carbonyl (C=O) groups excluding carboxylic acids is 1. The number of benzene rings is 2. The average molecular weight is 384 g/mol. The fraction of sp³-hybridized carbons (Fsp3) is 0.158. The highest BCUT2D eigenvalue weighted by molar-refractivity contribution is 8.13. The van der Waals surface area contributed by atoms with E-state index >= 15 is 0 Å². The Morgan fingerprint density at radius 1 is 1.19 bits per heavy atom. The molecule has 1 unspecified atom stereocenters. The van der Waals surface area contributed by atoms with E-state index in [1.165, 1.54) is 22.7 Å². The van der Waals surface area contributed by atoms with Crippen LogP contribution in [0.25, 0.3) is 0 Å². The Morgan fingerprint density at radius 2 is 1.96 bits per heavy atom. The molecule has 2 aliphatic rings. The molecule has 8 heteroatoms. The number of nitrogens with one attached hydrogen (secondary N) is 1. The lowest BCUT2D eigenvalue weighted by atomic mass is 10.2. The monoisotopic (exact) mass is 384 g/mol. The van der Waals surface area contributed by atoms with Gasteiger partial charge in [-0.25, -0.2) is 4.39 Å². The Kier molecular flexibility index (Phi) is 4.72. The number of nitrogens with zero attached hydrogens (tertiary/aromatic N) is 3. The number of hydrogen-bond acceptors (Lipinski definition) is 6. The van der Waals surface area contributed by atoms with Gasteiger partial charge in [0.25, 0.3) is 5.91 Å². The number of ether oxygens (including phenoxy) is 1. The lowest BCUT2D eigenvalue weighted by Crippen LogP contribution is -2.52. The largest absolute Gasteiger partial charge is 0.495 e. The fourth-order valence-electron chi connectivity index (χ4n) is 2.91. The molecule has 0 saturated heterocycles. The molecule has 0 saturated carbocycles. The van der Waals surface area contributed by atoms with E-state index in [0.717, 1.165) is 0 Å². The van der Waals surface area contributed by atoms with E-state index < -0.39 is 6.17 Å². The van der Waals surface area contributed by atoms with Crippen molar-refractivity contribution >= 4 is 28.5 Å². The maximum Gasteiger partial charge on any atom is 0.276 e. The first-order valence-electron chi connectivity index (χ1n) is 8.31. The van der Waals surface area contributed by atoms with Gasteiger partial charge < -0.3 is 4.74 Å². The van der Waals surface area contributed by atoms with Crippen LogP contribution in [0, 0.1) is 5.82 Å². The van der Waals surface area contributed by atoms with Crippen molar-refractivity contribution in [1.82, 2.24) is 10.3 Å². The van der Waals surface area contributed by atoms with Crippen LogP contribution in [0.1, 0.15) is 5.56 Å². The molecule has 0 fully saturated rings. The second-order valence-corrected chi connectivity index (χ2v) is 6.83. The first-order chi connectivity index (χ1) is 13.2. The standard InChI is InChI=1S/C19H17FN4O2S/c1-26-16-9-5-4-8-15(16)23-10-11-24-17(18(23)25)21-22-19(24)27-12-13-6-2-3-7-14(13)20/h2-11,17,21H,12H2,1H3. The van der Waals surface area contributed by atoms with Gasteiger partial charge in [-0.2, -0.15) is 5.10 Å². The molecular formula is C19H17FN4O2S. The number of amidine groups is 1.